The van der Waals surface area contributed by atoms with Crippen LogP contribution in [0.15, 0.2) is 30.8 Å². The molecule has 0 atom stereocenters. The van der Waals surface area contributed by atoms with Crippen molar-refractivity contribution in [2.75, 3.05) is 41.0 Å². The Morgan fingerprint density at radius 2 is 1.67 bits per heavy atom. The summed E-state index contributed by atoms with van der Waals surface area (Å²) in [6.07, 6.45) is 2.80. The van der Waals surface area contributed by atoms with E-state index < -0.39 is 8.80 Å². The Morgan fingerprint density at radius 3 is 2.12 bits per heavy atom. The van der Waals surface area contributed by atoms with E-state index in [4.69, 9.17) is 19.0 Å². The average Bonchev–Trinajstić information content (AvgIpc) is 2.60. The van der Waals surface area contributed by atoms with Crippen LogP contribution < -0.4 is 5.73 Å². The van der Waals surface area contributed by atoms with Crippen LogP contribution in [0.1, 0.15) is 17.5 Å². The van der Waals surface area contributed by atoms with Crippen LogP contribution in [0.3, 0.4) is 0 Å². The van der Waals surface area contributed by atoms with Gasteiger partial charge in [-0.3, -0.25) is 4.90 Å². The molecule has 0 aliphatic carbocycles. The first kappa shape index (κ1) is 23.3. The van der Waals surface area contributed by atoms with E-state index in [1.165, 1.54) is 5.56 Å². The first-order valence-electron chi connectivity index (χ1n) is 7.92. The molecule has 1 rings (SSSR count). The molecule has 0 amide bonds. The third-order valence-electron chi connectivity index (χ3n) is 3.96. The predicted octanol–water partition coefficient (Wildman–Crippen LogP) is 2.78. The lowest BCUT2D eigenvalue weighted by Crippen LogP contribution is -2.43. The number of nitrogens with two attached hydrogens (primary N) is 1. The highest BCUT2D eigenvalue weighted by atomic mass is 35.5. The fourth-order valence-corrected chi connectivity index (χ4v) is 4.25. The van der Waals surface area contributed by atoms with E-state index in [0.29, 0.717) is 6.54 Å². The molecule has 0 spiro atoms. The van der Waals surface area contributed by atoms with Gasteiger partial charge >= 0.3 is 8.80 Å². The highest BCUT2D eigenvalue weighted by Gasteiger charge is 2.36. The number of nitrogens with zero attached hydrogens (tertiary/aromatic N) is 1. The molecule has 24 heavy (non-hydrogen) atoms. The van der Waals surface area contributed by atoms with E-state index >= 15 is 0 Å². The zero-order chi connectivity index (χ0) is 17.1. The van der Waals surface area contributed by atoms with Crippen molar-refractivity contribution in [2.24, 2.45) is 5.73 Å². The van der Waals surface area contributed by atoms with Crippen molar-refractivity contribution >= 4 is 27.3 Å². The quantitative estimate of drug-likeness (QED) is 0.570. The predicted molar refractivity (Wildman–Crippen MR) is 104 cm³/mol. The molecule has 5 nitrogen and oxygen atoms in total. The molecule has 2 N–H and O–H groups in total. The van der Waals surface area contributed by atoms with Crippen molar-refractivity contribution in [1.82, 2.24) is 4.90 Å². The monoisotopic (exact) mass is 374 g/mol. The maximum absolute atomic E-state index is 5.74. The van der Waals surface area contributed by atoms with Crippen molar-refractivity contribution in [3.05, 3.63) is 42.0 Å². The molecule has 1 aromatic rings. The van der Waals surface area contributed by atoms with Crippen LogP contribution in [0.4, 0.5) is 0 Å². The van der Waals surface area contributed by atoms with Crippen LogP contribution in [-0.2, 0) is 19.8 Å². The Labute approximate surface area is 153 Å². The van der Waals surface area contributed by atoms with E-state index in [9.17, 15) is 0 Å². The second-order valence-corrected chi connectivity index (χ2v) is 8.50. The molecule has 0 radical (unpaired) electrons. The number of hydrogen-bond acceptors (Lipinski definition) is 5. The summed E-state index contributed by atoms with van der Waals surface area (Å²) in [6, 6.07) is 9.24. The van der Waals surface area contributed by atoms with E-state index in [2.05, 4.69) is 35.7 Å². The van der Waals surface area contributed by atoms with Crippen molar-refractivity contribution in [3.8, 4) is 0 Å². The third kappa shape index (κ3) is 7.44. The first-order chi connectivity index (χ1) is 11.1. The Bertz CT molecular complexity index is 447. The van der Waals surface area contributed by atoms with Gasteiger partial charge in [0.2, 0.25) is 0 Å². The molecule has 0 bridgehead atoms. The molecule has 0 heterocycles. The van der Waals surface area contributed by atoms with E-state index in [-0.39, 0.29) is 12.4 Å². The zero-order valence-electron chi connectivity index (χ0n) is 15.0. The Kier molecular flexibility index (Phi) is 12.2. The molecule has 0 aliphatic heterocycles. The van der Waals surface area contributed by atoms with Gasteiger partial charge in [0, 0.05) is 47.0 Å². The summed E-state index contributed by atoms with van der Waals surface area (Å²) >= 11 is 0. The van der Waals surface area contributed by atoms with Crippen molar-refractivity contribution in [3.63, 3.8) is 0 Å². The van der Waals surface area contributed by atoms with Crippen LogP contribution in [0.2, 0.25) is 6.04 Å². The van der Waals surface area contributed by atoms with Crippen LogP contribution >= 0.6 is 12.4 Å². The number of benzene rings is 1. The second-order valence-electron chi connectivity index (χ2n) is 5.41. The number of hydrogen-bond donors (Lipinski definition) is 1. The van der Waals surface area contributed by atoms with Gasteiger partial charge in [-0.2, -0.15) is 0 Å². The molecule has 1 aromatic carbocycles. The van der Waals surface area contributed by atoms with Gasteiger partial charge < -0.3 is 19.0 Å². The first-order valence-corrected chi connectivity index (χ1v) is 9.85. The highest BCUT2D eigenvalue weighted by Crippen LogP contribution is 2.16. The average molecular weight is 375 g/mol. The molecular weight excluding hydrogens is 344 g/mol. The van der Waals surface area contributed by atoms with Gasteiger partial charge in [0.05, 0.1) is 0 Å². The van der Waals surface area contributed by atoms with Gasteiger partial charge in [-0.05, 0) is 24.1 Å². The second kappa shape index (κ2) is 12.6. The van der Waals surface area contributed by atoms with Crippen molar-refractivity contribution in [2.45, 2.75) is 19.0 Å². The normalized spacial score (nSPS) is 11.4. The minimum Gasteiger partial charge on any atom is -0.377 e. The van der Waals surface area contributed by atoms with Crippen LogP contribution in [0, 0.1) is 0 Å². The molecule has 0 fully saturated rings. The highest BCUT2D eigenvalue weighted by molar-refractivity contribution is 6.60. The summed E-state index contributed by atoms with van der Waals surface area (Å²) in [6.45, 7) is 7.11. The smallest absolute Gasteiger partial charge is 0.377 e. The standard InChI is InChI=1S/C17H30N2O3Si.ClH/c1-5-16-7-9-17(10-8-16)15-19(13-11-18)12-6-14-23(20-2,21-3)22-4;/h5,7-10H,1,6,11-15,18H2,2-4H3;1H. The lowest BCUT2D eigenvalue weighted by molar-refractivity contribution is 0.121. The SMILES string of the molecule is C=Cc1ccc(CN(CCN)CCC[Si](OC)(OC)OC)cc1.Cl. The van der Waals surface area contributed by atoms with Gasteiger partial charge in [0.25, 0.3) is 0 Å². The molecular formula is C17H31ClN2O3Si. The van der Waals surface area contributed by atoms with Crippen LogP contribution in [0.25, 0.3) is 6.08 Å². The maximum atomic E-state index is 5.74. The number of rotatable bonds is 12. The fourth-order valence-electron chi connectivity index (χ4n) is 2.55. The molecule has 0 saturated carbocycles. The minimum absolute atomic E-state index is 0. The molecule has 0 unspecified atom stereocenters. The Balaban J connectivity index is 0.00000529. The minimum atomic E-state index is -2.48. The number of halogens is 1. The molecule has 0 saturated heterocycles. The van der Waals surface area contributed by atoms with Crippen LogP contribution in [0.5, 0.6) is 0 Å². The van der Waals surface area contributed by atoms with Gasteiger partial charge in [-0.25, -0.2) is 0 Å². The lowest BCUT2D eigenvalue weighted by atomic mass is 10.1. The Morgan fingerprint density at radius 1 is 1.08 bits per heavy atom. The summed E-state index contributed by atoms with van der Waals surface area (Å²) < 4.78 is 16.4. The summed E-state index contributed by atoms with van der Waals surface area (Å²) in [5.74, 6) is 0. The van der Waals surface area contributed by atoms with Gasteiger partial charge in [-0.15, -0.1) is 12.4 Å². The van der Waals surface area contributed by atoms with E-state index in [0.717, 1.165) is 37.7 Å². The van der Waals surface area contributed by atoms with Crippen molar-refractivity contribution < 1.29 is 13.3 Å². The lowest BCUT2D eigenvalue weighted by Gasteiger charge is -2.26. The summed E-state index contributed by atoms with van der Waals surface area (Å²) in [5.41, 5.74) is 8.15. The molecule has 7 heteroatoms. The topological polar surface area (TPSA) is 57.0 Å². The van der Waals surface area contributed by atoms with E-state index in [1.54, 1.807) is 21.3 Å². The molecule has 0 aliphatic rings. The van der Waals surface area contributed by atoms with Gasteiger partial charge in [0.15, 0.2) is 0 Å². The third-order valence-corrected chi connectivity index (χ3v) is 6.79. The summed E-state index contributed by atoms with van der Waals surface area (Å²) in [4.78, 5) is 2.35. The zero-order valence-corrected chi connectivity index (χ0v) is 16.8. The Hall–Kier alpha value is -0.733. The maximum Gasteiger partial charge on any atom is 0.500 e. The van der Waals surface area contributed by atoms with E-state index in [1.807, 2.05) is 6.08 Å². The molecule has 0 aromatic heterocycles. The summed E-state index contributed by atoms with van der Waals surface area (Å²) in [7, 11) is 2.47. The fraction of sp³-hybridized carbons (Fsp3) is 0.529. The summed E-state index contributed by atoms with van der Waals surface area (Å²) in [5, 5.41) is 0. The van der Waals surface area contributed by atoms with Crippen LogP contribution in [-0.4, -0.2) is 54.7 Å². The molecule has 138 valence electrons. The largest absolute Gasteiger partial charge is 0.500 e. The van der Waals surface area contributed by atoms with Gasteiger partial charge in [-0.1, -0.05) is 36.9 Å². The van der Waals surface area contributed by atoms with Crippen molar-refractivity contribution in [1.29, 1.82) is 0 Å². The van der Waals surface area contributed by atoms with Gasteiger partial charge in [0.1, 0.15) is 0 Å².